The topological polar surface area (TPSA) is 68.2 Å². The lowest BCUT2D eigenvalue weighted by molar-refractivity contribution is -0.133. The third kappa shape index (κ3) is 4.41. The van der Waals surface area contributed by atoms with Crippen molar-refractivity contribution in [3.05, 3.63) is 34.7 Å². The number of fused-ring (bicyclic) bond motifs is 4. The molecule has 5 fully saturated rings. The van der Waals surface area contributed by atoms with Crippen molar-refractivity contribution in [1.82, 2.24) is 4.90 Å². The van der Waals surface area contributed by atoms with Gasteiger partial charge in [0.15, 0.2) is 11.5 Å². The molecule has 1 N–H and O–H groups in total. The summed E-state index contributed by atoms with van der Waals surface area (Å²) >= 11 is 0. The maximum Gasteiger partial charge on any atom is 0.343 e. The van der Waals surface area contributed by atoms with Crippen molar-refractivity contribution < 1.29 is 24.1 Å². The molecule has 0 bridgehead atoms. The lowest BCUT2D eigenvalue weighted by Gasteiger charge is -2.50. The van der Waals surface area contributed by atoms with Gasteiger partial charge in [0.25, 0.3) is 0 Å². The van der Waals surface area contributed by atoms with Crippen LogP contribution in [-0.2, 0) is 19.0 Å². The van der Waals surface area contributed by atoms with Crippen LogP contribution in [0.2, 0.25) is 0 Å². The van der Waals surface area contributed by atoms with E-state index < -0.39 is 0 Å². The van der Waals surface area contributed by atoms with Gasteiger partial charge in [-0.2, -0.15) is 0 Å². The average molecular weight is 588 g/mol. The quantitative estimate of drug-likeness (QED) is 0.273. The minimum atomic E-state index is -0.357. The van der Waals surface area contributed by atoms with Crippen LogP contribution in [0.5, 0.6) is 0 Å². The standard InChI is InChI=1S/C32H45NO5S2/c1-18-27-24-8-6-7-23-25(34)15-22-20(11-14-32(22)12-4-5-13-32)16-39-40-17-21(33(23)24)9-10-26(27)37-29(18)30-28(36-3)19(2)31(35)38-30/h10,18,20-25,27,34H,4-9,11-17H2,1-3H3. The van der Waals surface area contributed by atoms with Crippen LogP contribution in [0.1, 0.15) is 84.5 Å². The number of piperidine rings is 1. The van der Waals surface area contributed by atoms with Crippen LogP contribution in [0.4, 0.5) is 0 Å². The summed E-state index contributed by atoms with van der Waals surface area (Å²) in [6.07, 6.45) is 15.5. The van der Waals surface area contributed by atoms with E-state index in [1.54, 1.807) is 14.0 Å². The number of cyclic esters (lactones) is 1. The molecule has 8 atom stereocenters. The van der Waals surface area contributed by atoms with Gasteiger partial charge >= 0.3 is 5.97 Å². The number of hydrogen-bond acceptors (Lipinski definition) is 8. The van der Waals surface area contributed by atoms with Crippen LogP contribution >= 0.6 is 21.6 Å². The van der Waals surface area contributed by atoms with Crippen molar-refractivity contribution in [3.8, 4) is 0 Å². The Hall–Kier alpha value is -1.09. The second kappa shape index (κ2) is 10.9. The number of nitrogens with zero attached hydrogens (tertiary/aromatic N) is 1. The number of carbonyl (C=O) groups excluding carboxylic acids is 1. The summed E-state index contributed by atoms with van der Waals surface area (Å²) in [7, 11) is 5.75. The summed E-state index contributed by atoms with van der Waals surface area (Å²) in [6, 6.07) is 0.899. The molecular weight excluding hydrogens is 542 g/mol. The lowest BCUT2D eigenvalue weighted by atomic mass is 9.70. The highest BCUT2D eigenvalue weighted by atomic mass is 33.1. The fraction of sp³-hybridized carbons (Fsp3) is 0.781. The molecule has 5 heterocycles. The Morgan fingerprint density at radius 1 is 1.05 bits per heavy atom. The molecule has 5 aliphatic heterocycles. The van der Waals surface area contributed by atoms with Crippen molar-refractivity contribution in [2.24, 2.45) is 29.1 Å². The first-order valence-electron chi connectivity index (χ1n) is 15.7. The monoisotopic (exact) mass is 587 g/mol. The molecular formula is C32H45NO5S2. The zero-order chi connectivity index (χ0) is 27.6. The summed E-state index contributed by atoms with van der Waals surface area (Å²) < 4.78 is 17.9. The highest BCUT2D eigenvalue weighted by Crippen LogP contribution is 2.60. The third-order valence-electron chi connectivity index (χ3n) is 11.7. The summed E-state index contributed by atoms with van der Waals surface area (Å²) in [5.74, 6) is 6.32. The molecule has 40 heavy (non-hydrogen) atoms. The normalized spacial score (nSPS) is 43.3. The Labute approximate surface area is 247 Å². The Morgan fingerprint density at radius 3 is 2.62 bits per heavy atom. The first-order chi connectivity index (χ1) is 19.4. The zero-order valence-electron chi connectivity index (χ0n) is 24.2. The molecule has 0 radical (unpaired) electrons. The van der Waals surface area contributed by atoms with Crippen LogP contribution in [0.15, 0.2) is 34.7 Å². The smallest absolute Gasteiger partial charge is 0.343 e. The molecule has 6 nitrogen and oxygen atoms in total. The second-order valence-corrected chi connectivity index (χ2v) is 16.1. The number of rotatable bonds is 1. The number of carbonyl (C=O) groups is 1. The van der Waals surface area contributed by atoms with E-state index in [1.807, 2.05) is 0 Å². The Bertz CT molecular complexity index is 1130. The molecule has 0 aromatic carbocycles. The van der Waals surface area contributed by atoms with Gasteiger partial charge in [-0.25, -0.2) is 4.79 Å². The molecule has 1 spiro atoms. The van der Waals surface area contributed by atoms with Gasteiger partial charge < -0.3 is 19.3 Å². The molecule has 0 aromatic rings. The van der Waals surface area contributed by atoms with E-state index in [0.717, 1.165) is 55.3 Å². The van der Waals surface area contributed by atoms with Gasteiger partial charge in [0.1, 0.15) is 5.76 Å². The lowest BCUT2D eigenvalue weighted by Crippen LogP contribution is -2.59. The minimum absolute atomic E-state index is 0.0610. The molecule has 0 amide bonds. The molecule has 0 aromatic heterocycles. The SMILES string of the molecule is COC1=C(C)C(=O)OC1=C1OC2=CCC3CSSCC4CCC5(CCCC5)C4CC(O)C4CCCC(C2C1C)N34. The van der Waals surface area contributed by atoms with E-state index in [0.29, 0.717) is 40.5 Å². The Morgan fingerprint density at radius 2 is 1.82 bits per heavy atom. The van der Waals surface area contributed by atoms with Gasteiger partial charge in [0.2, 0.25) is 5.76 Å². The van der Waals surface area contributed by atoms with Crippen molar-refractivity contribution in [2.45, 2.75) is 109 Å². The number of aliphatic hydroxyl groups excluding tert-OH is 1. The van der Waals surface area contributed by atoms with Crippen molar-refractivity contribution in [1.29, 1.82) is 0 Å². The van der Waals surface area contributed by atoms with Crippen LogP contribution in [-0.4, -0.2) is 58.8 Å². The number of allylic oxidation sites excluding steroid dienone is 1. The van der Waals surface area contributed by atoms with Gasteiger partial charge in [-0.15, -0.1) is 0 Å². The van der Waals surface area contributed by atoms with E-state index in [-0.39, 0.29) is 30.0 Å². The van der Waals surface area contributed by atoms with Gasteiger partial charge in [-0.05, 0) is 81.6 Å². The number of methoxy groups -OCH3 is 1. The van der Waals surface area contributed by atoms with E-state index in [2.05, 4.69) is 39.5 Å². The Kier molecular flexibility index (Phi) is 7.54. The van der Waals surface area contributed by atoms with E-state index in [1.165, 1.54) is 44.3 Å². The fourth-order valence-corrected chi connectivity index (χ4v) is 12.6. The van der Waals surface area contributed by atoms with Crippen LogP contribution in [0.3, 0.4) is 0 Å². The van der Waals surface area contributed by atoms with E-state index >= 15 is 0 Å². The number of aliphatic hydroxyl groups is 1. The maximum atomic E-state index is 12.4. The molecule has 8 heteroatoms. The first kappa shape index (κ1) is 27.7. The number of ether oxygens (including phenoxy) is 3. The zero-order valence-corrected chi connectivity index (χ0v) is 25.9. The second-order valence-electron chi connectivity index (χ2n) is 13.5. The fourth-order valence-electron chi connectivity index (χ4n) is 9.82. The van der Waals surface area contributed by atoms with Crippen LogP contribution in [0, 0.1) is 29.1 Å². The molecule has 7 rings (SSSR count). The predicted octanol–water partition coefficient (Wildman–Crippen LogP) is 6.57. The Balaban J connectivity index is 1.22. The van der Waals surface area contributed by atoms with Crippen molar-refractivity contribution in [2.75, 3.05) is 18.6 Å². The molecule has 8 unspecified atom stereocenters. The third-order valence-corrected chi connectivity index (χ3v) is 14.3. The predicted molar refractivity (Wildman–Crippen MR) is 159 cm³/mol. The minimum Gasteiger partial charge on any atom is -0.492 e. The molecule has 7 aliphatic rings. The largest absolute Gasteiger partial charge is 0.492 e. The highest BCUT2D eigenvalue weighted by Gasteiger charge is 2.54. The molecule has 220 valence electrons. The molecule has 3 saturated heterocycles. The highest BCUT2D eigenvalue weighted by molar-refractivity contribution is 8.76. The van der Waals surface area contributed by atoms with Gasteiger partial charge in [-0.3, -0.25) is 4.90 Å². The molecule has 2 saturated carbocycles. The molecule has 2 aliphatic carbocycles. The van der Waals surface area contributed by atoms with Crippen LogP contribution < -0.4 is 0 Å². The van der Waals surface area contributed by atoms with E-state index in [9.17, 15) is 9.90 Å². The summed E-state index contributed by atoms with van der Waals surface area (Å²) in [5, 5.41) is 12.1. The summed E-state index contributed by atoms with van der Waals surface area (Å²) in [5.41, 5.74) is 0.985. The van der Waals surface area contributed by atoms with Gasteiger partial charge in [0.05, 0.1) is 18.8 Å². The van der Waals surface area contributed by atoms with Gasteiger partial charge in [-0.1, -0.05) is 47.8 Å². The summed E-state index contributed by atoms with van der Waals surface area (Å²) in [6.45, 7) is 3.96. The van der Waals surface area contributed by atoms with Crippen LogP contribution in [0.25, 0.3) is 0 Å². The van der Waals surface area contributed by atoms with Crippen molar-refractivity contribution >= 4 is 27.6 Å². The average Bonchev–Trinajstić information content (AvgIpc) is 3.68. The first-order valence-corrected chi connectivity index (χ1v) is 18.2. The summed E-state index contributed by atoms with van der Waals surface area (Å²) in [4.78, 5) is 15.2. The number of esters is 1. The maximum absolute atomic E-state index is 12.4. The van der Waals surface area contributed by atoms with E-state index in [4.69, 9.17) is 14.2 Å². The van der Waals surface area contributed by atoms with Crippen molar-refractivity contribution in [3.63, 3.8) is 0 Å². The number of hydrogen-bond donors (Lipinski definition) is 1. The van der Waals surface area contributed by atoms with Gasteiger partial charge in [0, 0.05) is 41.5 Å².